The minimum Gasteiger partial charge on any atom is -0.340 e. The monoisotopic (exact) mass is 461 g/mol. The number of benzene rings is 1. The molecule has 9 heteroatoms. The van der Waals surface area contributed by atoms with E-state index in [2.05, 4.69) is 15.9 Å². The molecule has 3 rings (SSSR count). The molecule has 0 bridgehead atoms. The van der Waals surface area contributed by atoms with Crippen molar-refractivity contribution in [3.8, 4) is 0 Å². The fraction of sp³-hybridized carbons (Fsp3) is 0.579. The van der Waals surface area contributed by atoms with Gasteiger partial charge in [-0.3, -0.25) is 14.5 Å². The van der Waals surface area contributed by atoms with Crippen molar-refractivity contribution in [2.75, 3.05) is 39.3 Å². The fourth-order valence-corrected chi connectivity index (χ4v) is 4.10. The normalized spacial score (nSPS) is 21.6. The van der Waals surface area contributed by atoms with Crippen molar-refractivity contribution < 1.29 is 22.8 Å². The van der Waals surface area contributed by atoms with Gasteiger partial charge in [0.25, 0.3) is 5.91 Å². The molecule has 1 unspecified atom stereocenters. The Morgan fingerprint density at radius 3 is 2.39 bits per heavy atom. The largest absolute Gasteiger partial charge is 0.401 e. The SMILES string of the molecule is O=C(C1CCCN1C(=O)c1ccc(Br)cc1)N1CCCN(CC(F)(F)F)CC1. The lowest BCUT2D eigenvalue weighted by Crippen LogP contribution is -2.49. The van der Waals surface area contributed by atoms with E-state index in [1.54, 1.807) is 34.1 Å². The minimum atomic E-state index is -4.24. The first-order valence-electron chi connectivity index (χ1n) is 9.39. The Hall–Kier alpha value is -1.61. The number of alkyl halides is 3. The Kier molecular flexibility index (Phi) is 6.65. The van der Waals surface area contributed by atoms with Crippen molar-refractivity contribution in [3.05, 3.63) is 34.3 Å². The molecule has 2 saturated heterocycles. The predicted octanol–water partition coefficient (Wildman–Crippen LogP) is 3.15. The van der Waals surface area contributed by atoms with Gasteiger partial charge in [0.05, 0.1) is 6.54 Å². The van der Waals surface area contributed by atoms with Crippen LogP contribution in [0.25, 0.3) is 0 Å². The molecule has 1 atom stereocenters. The van der Waals surface area contributed by atoms with Crippen molar-refractivity contribution >= 4 is 27.7 Å². The summed E-state index contributed by atoms with van der Waals surface area (Å²) in [6.07, 6.45) is -2.41. The van der Waals surface area contributed by atoms with Gasteiger partial charge >= 0.3 is 6.18 Å². The molecule has 2 heterocycles. The van der Waals surface area contributed by atoms with Gasteiger partial charge < -0.3 is 9.80 Å². The lowest BCUT2D eigenvalue weighted by Gasteiger charge is -2.30. The van der Waals surface area contributed by atoms with Crippen LogP contribution in [0.2, 0.25) is 0 Å². The van der Waals surface area contributed by atoms with Gasteiger partial charge in [-0.15, -0.1) is 0 Å². The first-order valence-corrected chi connectivity index (χ1v) is 10.2. The summed E-state index contributed by atoms with van der Waals surface area (Å²) < 4.78 is 38.8. The smallest absolute Gasteiger partial charge is 0.340 e. The molecule has 0 aliphatic carbocycles. The maximum atomic E-state index is 13.0. The van der Waals surface area contributed by atoms with Gasteiger partial charge in [-0.2, -0.15) is 13.2 Å². The van der Waals surface area contributed by atoms with E-state index in [4.69, 9.17) is 0 Å². The number of carbonyl (C=O) groups excluding carboxylic acids is 2. The van der Waals surface area contributed by atoms with Gasteiger partial charge in [0.2, 0.25) is 5.91 Å². The van der Waals surface area contributed by atoms with Crippen LogP contribution in [0, 0.1) is 0 Å². The molecule has 1 aromatic carbocycles. The average Bonchev–Trinajstić information content (AvgIpc) is 3.01. The Morgan fingerprint density at radius 2 is 1.71 bits per heavy atom. The van der Waals surface area contributed by atoms with Crippen LogP contribution in [0.3, 0.4) is 0 Å². The highest BCUT2D eigenvalue weighted by Crippen LogP contribution is 2.24. The van der Waals surface area contributed by atoms with Crippen LogP contribution in [0.5, 0.6) is 0 Å². The molecule has 0 aromatic heterocycles. The maximum absolute atomic E-state index is 13.0. The summed E-state index contributed by atoms with van der Waals surface area (Å²) in [6.45, 7) is 0.746. The van der Waals surface area contributed by atoms with Gasteiger partial charge in [-0.05, 0) is 43.5 Å². The molecule has 0 saturated carbocycles. The van der Waals surface area contributed by atoms with Crippen LogP contribution >= 0.6 is 15.9 Å². The Bertz CT molecular complexity index is 711. The van der Waals surface area contributed by atoms with Gasteiger partial charge in [-0.1, -0.05) is 15.9 Å². The molecule has 5 nitrogen and oxygen atoms in total. The van der Waals surface area contributed by atoms with Crippen molar-refractivity contribution in [1.29, 1.82) is 0 Å². The lowest BCUT2D eigenvalue weighted by molar-refractivity contribution is -0.145. The maximum Gasteiger partial charge on any atom is 0.401 e. The van der Waals surface area contributed by atoms with Crippen molar-refractivity contribution in [3.63, 3.8) is 0 Å². The highest BCUT2D eigenvalue weighted by Gasteiger charge is 2.38. The van der Waals surface area contributed by atoms with Crippen molar-refractivity contribution in [2.45, 2.75) is 31.5 Å². The third kappa shape index (κ3) is 5.26. The number of nitrogens with zero attached hydrogens (tertiary/aromatic N) is 3. The molecular formula is C19H23BrF3N3O2. The van der Waals surface area contributed by atoms with Crippen molar-refractivity contribution in [2.24, 2.45) is 0 Å². The number of carbonyl (C=O) groups is 2. The zero-order chi connectivity index (χ0) is 20.3. The Labute approximate surface area is 170 Å². The molecular weight excluding hydrogens is 439 g/mol. The van der Waals surface area contributed by atoms with Crippen LogP contribution < -0.4 is 0 Å². The van der Waals surface area contributed by atoms with Crippen LogP contribution in [0.15, 0.2) is 28.7 Å². The summed E-state index contributed by atoms with van der Waals surface area (Å²) in [6, 6.07) is 6.46. The van der Waals surface area contributed by atoms with E-state index in [0.29, 0.717) is 38.0 Å². The van der Waals surface area contributed by atoms with E-state index < -0.39 is 18.8 Å². The van der Waals surface area contributed by atoms with Gasteiger partial charge in [0, 0.05) is 42.8 Å². The highest BCUT2D eigenvalue weighted by molar-refractivity contribution is 9.10. The fourth-order valence-electron chi connectivity index (χ4n) is 3.84. The average molecular weight is 462 g/mol. The van der Waals surface area contributed by atoms with Crippen LogP contribution in [-0.2, 0) is 4.79 Å². The molecule has 0 spiro atoms. The Balaban J connectivity index is 1.64. The zero-order valence-electron chi connectivity index (χ0n) is 15.4. The second kappa shape index (κ2) is 8.82. The number of hydrogen-bond donors (Lipinski definition) is 0. The van der Waals surface area contributed by atoms with Crippen LogP contribution in [-0.4, -0.2) is 78.0 Å². The molecule has 0 radical (unpaired) electrons. The topological polar surface area (TPSA) is 43.9 Å². The lowest BCUT2D eigenvalue weighted by atomic mass is 10.1. The molecule has 2 fully saturated rings. The second-order valence-corrected chi connectivity index (χ2v) is 8.15. The molecule has 2 aliphatic rings. The standard InChI is InChI=1S/C19H23BrF3N3O2/c20-15-6-4-14(5-7-15)17(27)26-10-1-3-16(26)18(28)25-9-2-8-24(11-12-25)13-19(21,22)23/h4-7,16H,1-3,8-13H2. The van der Waals surface area contributed by atoms with Gasteiger partial charge in [-0.25, -0.2) is 0 Å². The van der Waals surface area contributed by atoms with E-state index in [1.165, 1.54) is 4.90 Å². The van der Waals surface area contributed by atoms with Crippen LogP contribution in [0.1, 0.15) is 29.6 Å². The summed E-state index contributed by atoms with van der Waals surface area (Å²) in [4.78, 5) is 30.4. The molecule has 0 N–H and O–H groups in total. The summed E-state index contributed by atoms with van der Waals surface area (Å²) >= 11 is 3.34. The predicted molar refractivity (Wildman–Crippen MR) is 102 cm³/mol. The first-order chi connectivity index (χ1) is 13.2. The van der Waals surface area contributed by atoms with Crippen LogP contribution in [0.4, 0.5) is 13.2 Å². The van der Waals surface area contributed by atoms with E-state index in [0.717, 1.165) is 10.9 Å². The number of hydrogen-bond acceptors (Lipinski definition) is 3. The first kappa shape index (κ1) is 21.1. The third-order valence-electron chi connectivity index (χ3n) is 5.19. The zero-order valence-corrected chi connectivity index (χ0v) is 17.0. The number of likely N-dealkylation sites (tertiary alicyclic amines) is 1. The quantitative estimate of drug-likeness (QED) is 0.694. The van der Waals surface area contributed by atoms with Crippen molar-refractivity contribution in [1.82, 2.24) is 14.7 Å². The number of amides is 2. The van der Waals surface area contributed by atoms with Gasteiger partial charge in [0.1, 0.15) is 6.04 Å². The summed E-state index contributed by atoms with van der Waals surface area (Å²) in [5.41, 5.74) is 0.523. The van der Waals surface area contributed by atoms with E-state index in [-0.39, 0.29) is 24.9 Å². The minimum absolute atomic E-state index is 0.156. The molecule has 154 valence electrons. The van der Waals surface area contributed by atoms with E-state index >= 15 is 0 Å². The second-order valence-electron chi connectivity index (χ2n) is 7.23. The molecule has 2 aliphatic heterocycles. The molecule has 28 heavy (non-hydrogen) atoms. The molecule has 1 aromatic rings. The number of rotatable bonds is 3. The highest BCUT2D eigenvalue weighted by atomic mass is 79.9. The van der Waals surface area contributed by atoms with E-state index in [9.17, 15) is 22.8 Å². The van der Waals surface area contributed by atoms with E-state index in [1.807, 2.05) is 0 Å². The summed E-state index contributed by atoms with van der Waals surface area (Å²) in [7, 11) is 0. The third-order valence-corrected chi connectivity index (χ3v) is 5.72. The summed E-state index contributed by atoms with van der Waals surface area (Å²) in [5, 5.41) is 0. The Morgan fingerprint density at radius 1 is 1.00 bits per heavy atom. The number of halogens is 4. The summed E-state index contributed by atoms with van der Waals surface area (Å²) in [5.74, 6) is -0.339. The van der Waals surface area contributed by atoms with Gasteiger partial charge in [0.15, 0.2) is 0 Å². The molecule has 2 amide bonds.